The number of amides is 1. The molecule has 5 aromatic rings. The molecule has 176 valence electrons. The maximum Gasteiger partial charge on any atom is 0.326 e. The quantitative estimate of drug-likeness (QED) is 0.435. The lowest BCUT2D eigenvalue weighted by molar-refractivity contribution is 0.0685. The molecule has 0 aliphatic carbocycles. The molecule has 0 atom stereocenters. The van der Waals surface area contributed by atoms with Crippen molar-refractivity contribution in [3.8, 4) is 17.1 Å². The van der Waals surface area contributed by atoms with Crippen LogP contribution in [0.15, 0.2) is 83.8 Å². The molecule has 1 amide bonds. The summed E-state index contributed by atoms with van der Waals surface area (Å²) in [5, 5.41) is 4.80. The van der Waals surface area contributed by atoms with E-state index in [-0.39, 0.29) is 17.6 Å². The van der Waals surface area contributed by atoms with Gasteiger partial charge in [-0.15, -0.1) is 0 Å². The van der Waals surface area contributed by atoms with Crippen LogP contribution in [-0.4, -0.2) is 47.8 Å². The van der Waals surface area contributed by atoms with Gasteiger partial charge in [-0.2, -0.15) is 5.10 Å². The number of H-pyrrole nitrogens is 1. The molecule has 8 nitrogen and oxygen atoms in total. The second kappa shape index (κ2) is 8.47. The molecular weight excluding hydrogens is 440 g/mol. The largest absolute Gasteiger partial charge is 0.349 e. The zero-order valence-electron chi connectivity index (χ0n) is 19.5. The van der Waals surface area contributed by atoms with Crippen LogP contribution >= 0.6 is 0 Å². The van der Waals surface area contributed by atoms with Gasteiger partial charge < -0.3 is 14.5 Å². The first-order valence-corrected chi connectivity index (χ1v) is 11.9. The van der Waals surface area contributed by atoms with Crippen molar-refractivity contribution in [1.29, 1.82) is 0 Å². The van der Waals surface area contributed by atoms with Gasteiger partial charge in [0.25, 0.3) is 5.91 Å². The van der Waals surface area contributed by atoms with E-state index in [1.807, 2.05) is 100 Å². The van der Waals surface area contributed by atoms with E-state index in [1.54, 1.807) is 4.68 Å². The minimum Gasteiger partial charge on any atom is -0.349 e. The number of aromatic amines is 1. The molecule has 1 aliphatic heterocycles. The summed E-state index contributed by atoms with van der Waals surface area (Å²) in [5.41, 5.74) is 4.75. The van der Waals surface area contributed by atoms with Gasteiger partial charge in [-0.1, -0.05) is 30.3 Å². The maximum atomic E-state index is 13.7. The van der Waals surface area contributed by atoms with E-state index in [9.17, 15) is 9.59 Å². The van der Waals surface area contributed by atoms with Crippen molar-refractivity contribution < 1.29 is 4.79 Å². The minimum absolute atomic E-state index is 0.0495. The van der Waals surface area contributed by atoms with E-state index >= 15 is 0 Å². The van der Waals surface area contributed by atoms with Crippen molar-refractivity contribution in [3.05, 3.63) is 95.2 Å². The fraction of sp³-hybridized carbons (Fsp3) is 0.222. The van der Waals surface area contributed by atoms with Crippen LogP contribution in [0.3, 0.4) is 0 Å². The summed E-state index contributed by atoms with van der Waals surface area (Å²) in [6.45, 7) is 1.16. The predicted octanol–water partition coefficient (Wildman–Crippen LogP) is 4.00. The van der Waals surface area contributed by atoms with E-state index in [4.69, 9.17) is 5.10 Å². The molecule has 35 heavy (non-hydrogen) atoms. The molecule has 0 bridgehead atoms. The zero-order valence-corrected chi connectivity index (χ0v) is 19.5. The Bertz CT molecular complexity index is 1560. The SMILES string of the molecule is Cn1cccc1-c1cc(C(=O)N2CCC(n3c(=O)[nH]c4ccccc43)CC2)n(-c2ccccc2)n1. The normalized spacial score (nSPS) is 14.6. The van der Waals surface area contributed by atoms with Crippen LogP contribution in [0.1, 0.15) is 29.4 Å². The average molecular weight is 467 g/mol. The van der Waals surface area contributed by atoms with Crippen LogP contribution in [0.5, 0.6) is 0 Å². The smallest absolute Gasteiger partial charge is 0.326 e. The number of benzene rings is 2. The second-order valence-corrected chi connectivity index (χ2v) is 9.01. The number of carbonyl (C=O) groups excluding carboxylic acids is 1. The highest BCUT2D eigenvalue weighted by Gasteiger charge is 2.29. The van der Waals surface area contributed by atoms with Crippen LogP contribution in [0.25, 0.3) is 28.1 Å². The van der Waals surface area contributed by atoms with Crippen LogP contribution in [0, 0.1) is 0 Å². The number of hydrogen-bond donors (Lipinski definition) is 1. The number of fused-ring (bicyclic) bond motifs is 1. The number of nitrogens with zero attached hydrogens (tertiary/aromatic N) is 5. The van der Waals surface area contributed by atoms with Crippen LogP contribution in [0.4, 0.5) is 0 Å². The van der Waals surface area contributed by atoms with Crippen LogP contribution in [-0.2, 0) is 7.05 Å². The molecule has 0 saturated carbocycles. The first kappa shape index (κ1) is 21.2. The second-order valence-electron chi connectivity index (χ2n) is 9.01. The van der Waals surface area contributed by atoms with E-state index in [0.29, 0.717) is 18.8 Å². The Balaban J connectivity index is 1.29. The molecule has 1 aliphatic rings. The molecule has 2 aromatic carbocycles. The van der Waals surface area contributed by atoms with Crippen molar-refractivity contribution in [2.45, 2.75) is 18.9 Å². The Morgan fingerprint density at radius 2 is 1.71 bits per heavy atom. The van der Waals surface area contributed by atoms with Gasteiger partial charge in [0.1, 0.15) is 11.4 Å². The van der Waals surface area contributed by atoms with Crippen molar-refractivity contribution in [1.82, 2.24) is 28.8 Å². The van der Waals surface area contributed by atoms with Crippen LogP contribution < -0.4 is 5.69 Å². The number of aryl methyl sites for hydroxylation is 1. The number of rotatable bonds is 4. The monoisotopic (exact) mass is 466 g/mol. The van der Waals surface area contributed by atoms with Crippen molar-refractivity contribution >= 4 is 16.9 Å². The van der Waals surface area contributed by atoms with E-state index in [2.05, 4.69) is 4.98 Å². The van der Waals surface area contributed by atoms with Gasteiger partial charge in [-0.25, -0.2) is 9.48 Å². The van der Waals surface area contributed by atoms with Gasteiger partial charge in [-0.3, -0.25) is 9.36 Å². The Labute approximate surface area is 202 Å². The lowest BCUT2D eigenvalue weighted by atomic mass is 10.0. The molecule has 0 unspecified atom stereocenters. The fourth-order valence-electron chi connectivity index (χ4n) is 5.08. The number of piperidine rings is 1. The van der Waals surface area contributed by atoms with E-state index in [1.165, 1.54) is 0 Å². The highest BCUT2D eigenvalue weighted by Crippen LogP contribution is 2.28. The summed E-state index contributed by atoms with van der Waals surface area (Å²) in [5.74, 6) is -0.0495. The van der Waals surface area contributed by atoms with Crippen LogP contribution in [0.2, 0.25) is 0 Å². The highest BCUT2D eigenvalue weighted by atomic mass is 16.2. The maximum absolute atomic E-state index is 13.7. The molecule has 1 saturated heterocycles. The molecule has 1 fully saturated rings. The molecule has 0 radical (unpaired) electrons. The standard InChI is InChI=1S/C27H26N6O2/c1-30-15-7-12-23(30)22-18-25(33(29-22)20-8-3-2-4-9-20)26(34)31-16-13-19(14-17-31)32-24-11-6-5-10-21(24)28-27(32)35/h2-12,15,18-19H,13-14,16-17H2,1H3,(H,28,35). The Morgan fingerprint density at radius 3 is 2.46 bits per heavy atom. The number of hydrogen-bond acceptors (Lipinski definition) is 3. The predicted molar refractivity (Wildman–Crippen MR) is 135 cm³/mol. The van der Waals surface area contributed by atoms with Gasteiger partial charge in [0.05, 0.1) is 22.4 Å². The number of nitrogens with one attached hydrogen (secondary N) is 1. The number of imidazole rings is 1. The van der Waals surface area contributed by atoms with Gasteiger partial charge >= 0.3 is 5.69 Å². The third-order valence-corrected chi connectivity index (χ3v) is 6.88. The first-order chi connectivity index (χ1) is 17.1. The summed E-state index contributed by atoms with van der Waals surface area (Å²) < 4.78 is 5.58. The average Bonchev–Trinajstić information content (AvgIpc) is 3.60. The summed E-state index contributed by atoms with van der Waals surface area (Å²) in [6, 6.07) is 23.4. The van der Waals surface area contributed by atoms with Gasteiger partial charge in [0, 0.05) is 32.4 Å². The molecule has 4 heterocycles. The molecule has 6 rings (SSSR count). The summed E-state index contributed by atoms with van der Waals surface area (Å²) >= 11 is 0. The zero-order chi connectivity index (χ0) is 23.9. The Kier molecular flexibility index (Phi) is 5.13. The third-order valence-electron chi connectivity index (χ3n) is 6.88. The highest BCUT2D eigenvalue weighted by molar-refractivity contribution is 5.94. The van der Waals surface area contributed by atoms with E-state index < -0.39 is 0 Å². The number of aromatic nitrogens is 5. The van der Waals surface area contributed by atoms with Crippen molar-refractivity contribution in [2.24, 2.45) is 7.05 Å². The molecular formula is C27H26N6O2. The Hall–Kier alpha value is -4.33. The molecule has 1 N–H and O–H groups in total. The summed E-state index contributed by atoms with van der Waals surface area (Å²) in [7, 11) is 1.97. The lowest BCUT2D eigenvalue weighted by Crippen LogP contribution is -2.41. The van der Waals surface area contributed by atoms with Gasteiger partial charge in [0.15, 0.2) is 0 Å². The summed E-state index contributed by atoms with van der Waals surface area (Å²) in [6.07, 6.45) is 3.41. The minimum atomic E-state index is -0.0923. The first-order valence-electron chi connectivity index (χ1n) is 11.9. The van der Waals surface area contributed by atoms with Gasteiger partial charge in [-0.05, 0) is 55.3 Å². The fourth-order valence-corrected chi connectivity index (χ4v) is 5.08. The third kappa shape index (κ3) is 3.67. The number of carbonyl (C=O) groups is 1. The topological polar surface area (TPSA) is 80.9 Å². The Morgan fingerprint density at radius 1 is 0.971 bits per heavy atom. The molecule has 8 heteroatoms. The van der Waals surface area contributed by atoms with Crippen molar-refractivity contribution in [2.75, 3.05) is 13.1 Å². The molecule has 0 spiro atoms. The van der Waals surface area contributed by atoms with Gasteiger partial charge in [0.2, 0.25) is 0 Å². The lowest BCUT2D eigenvalue weighted by Gasteiger charge is -2.32. The number of likely N-dealkylation sites (tertiary alicyclic amines) is 1. The van der Waals surface area contributed by atoms with E-state index in [0.717, 1.165) is 41.0 Å². The number of para-hydroxylation sites is 3. The molecule has 3 aromatic heterocycles. The summed E-state index contributed by atoms with van der Waals surface area (Å²) in [4.78, 5) is 31.2. The van der Waals surface area contributed by atoms with Crippen molar-refractivity contribution in [3.63, 3.8) is 0 Å².